The minimum Gasteiger partial charge on any atom is -0.393 e. The number of aliphatic hydroxyl groups excluding tert-OH is 1. The van der Waals surface area contributed by atoms with Crippen molar-refractivity contribution in [2.45, 2.75) is 51.0 Å². The van der Waals surface area contributed by atoms with Crippen LogP contribution in [0.2, 0.25) is 0 Å². The number of carbonyl (C=O) groups excluding carboxylic acids is 1. The number of carbonyl (C=O) groups is 1. The number of aryl methyl sites for hydroxylation is 2. The zero-order chi connectivity index (χ0) is 18.2. The van der Waals surface area contributed by atoms with Crippen LogP contribution in [-0.2, 0) is 17.6 Å². The first kappa shape index (κ1) is 18.6. The van der Waals surface area contributed by atoms with Gasteiger partial charge in [0.25, 0.3) is 0 Å². The van der Waals surface area contributed by atoms with Crippen molar-refractivity contribution in [2.75, 3.05) is 13.1 Å². The van der Waals surface area contributed by atoms with Gasteiger partial charge in [-0.1, -0.05) is 30.3 Å². The van der Waals surface area contributed by atoms with Gasteiger partial charge < -0.3 is 10.0 Å². The molecule has 1 aromatic heterocycles. The number of aromatic nitrogens is 2. The standard InChI is InChI=1S/C21H29N3O2/c25-20(10-9-17-5-2-1-3-6-17)19-11-13-24(14-12-19)21(26)8-4-7-18-15-22-23-16-18/h1-3,5-6,15-16,19-20,25H,4,7-14H2,(H,22,23)/t20-/m0/s1. The number of piperidine rings is 1. The van der Waals surface area contributed by atoms with Gasteiger partial charge in [-0.2, -0.15) is 5.10 Å². The molecule has 3 rings (SSSR count). The van der Waals surface area contributed by atoms with E-state index in [1.807, 2.05) is 35.5 Å². The average Bonchev–Trinajstić information content (AvgIpc) is 3.20. The Morgan fingerprint density at radius 1 is 1.19 bits per heavy atom. The molecule has 1 amide bonds. The predicted octanol–water partition coefficient (Wildman–Crippen LogP) is 2.96. The van der Waals surface area contributed by atoms with E-state index in [2.05, 4.69) is 22.3 Å². The number of rotatable bonds is 8. The molecule has 5 nitrogen and oxygen atoms in total. The zero-order valence-corrected chi connectivity index (χ0v) is 15.3. The fourth-order valence-corrected chi connectivity index (χ4v) is 3.74. The minimum atomic E-state index is -0.270. The second-order valence-electron chi connectivity index (χ2n) is 7.27. The number of nitrogens with one attached hydrogen (secondary N) is 1. The highest BCUT2D eigenvalue weighted by Gasteiger charge is 2.27. The van der Waals surface area contributed by atoms with Gasteiger partial charge >= 0.3 is 0 Å². The molecular weight excluding hydrogens is 326 g/mol. The van der Waals surface area contributed by atoms with Gasteiger partial charge in [-0.25, -0.2) is 0 Å². The molecule has 2 heterocycles. The summed E-state index contributed by atoms with van der Waals surface area (Å²) in [5, 5.41) is 17.2. The Bertz CT molecular complexity index is 649. The van der Waals surface area contributed by atoms with Crippen LogP contribution in [0.25, 0.3) is 0 Å². The summed E-state index contributed by atoms with van der Waals surface area (Å²) >= 11 is 0. The Hall–Kier alpha value is -2.14. The van der Waals surface area contributed by atoms with Crippen molar-refractivity contribution < 1.29 is 9.90 Å². The molecule has 0 bridgehead atoms. The number of amides is 1. The van der Waals surface area contributed by atoms with Crippen molar-refractivity contribution in [3.05, 3.63) is 53.9 Å². The van der Waals surface area contributed by atoms with Gasteiger partial charge in [-0.15, -0.1) is 0 Å². The minimum absolute atomic E-state index is 0.241. The molecule has 1 fully saturated rings. The van der Waals surface area contributed by atoms with E-state index in [9.17, 15) is 9.90 Å². The van der Waals surface area contributed by atoms with Crippen LogP contribution in [0.15, 0.2) is 42.7 Å². The van der Waals surface area contributed by atoms with Crippen molar-refractivity contribution in [1.29, 1.82) is 0 Å². The number of hydrogen-bond donors (Lipinski definition) is 2. The third-order valence-electron chi connectivity index (χ3n) is 5.42. The summed E-state index contributed by atoms with van der Waals surface area (Å²) in [6, 6.07) is 10.3. The molecule has 0 radical (unpaired) electrons. The molecule has 1 saturated heterocycles. The molecule has 1 aromatic carbocycles. The summed E-state index contributed by atoms with van der Waals surface area (Å²) in [4.78, 5) is 14.3. The predicted molar refractivity (Wildman–Crippen MR) is 102 cm³/mol. The molecule has 0 unspecified atom stereocenters. The van der Waals surface area contributed by atoms with E-state index in [0.29, 0.717) is 12.3 Å². The molecule has 1 atom stereocenters. The van der Waals surface area contributed by atoms with Gasteiger partial charge in [0.1, 0.15) is 0 Å². The normalized spacial score (nSPS) is 16.6. The van der Waals surface area contributed by atoms with E-state index in [-0.39, 0.29) is 12.0 Å². The van der Waals surface area contributed by atoms with Crippen molar-refractivity contribution in [3.63, 3.8) is 0 Å². The molecule has 140 valence electrons. The second-order valence-corrected chi connectivity index (χ2v) is 7.27. The molecule has 0 aliphatic carbocycles. The van der Waals surface area contributed by atoms with Gasteiger partial charge in [-0.3, -0.25) is 9.89 Å². The Kier molecular flexibility index (Phi) is 6.83. The number of hydrogen-bond acceptors (Lipinski definition) is 3. The van der Waals surface area contributed by atoms with E-state index in [4.69, 9.17) is 0 Å². The molecule has 1 aliphatic heterocycles. The number of aromatic amines is 1. The lowest BCUT2D eigenvalue weighted by molar-refractivity contribution is -0.133. The van der Waals surface area contributed by atoms with E-state index in [1.54, 1.807) is 0 Å². The van der Waals surface area contributed by atoms with Crippen molar-refractivity contribution in [2.24, 2.45) is 5.92 Å². The van der Waals surface area contributed by atoms with Crippen molar-refractivity contribution in [3.8, 4) is 0 Å². The summed E-state index contributed by atoms with van der Waals surface area (Å²) in [5.74, 6) is 0.555. The third kappa shape index (κ3) is 5.43. The smallest absolute Gasteiger partial charge is 0.222 e. The van der Waals surface area contributed by atoms with Crippen LogP contribution in [0.4, 0.5) is 0 Å². The molecule has 1 aliphatic rings. The topological polar surface area (TPSA) is 69.2 Å². The first-order chi connectivity index (χ1) is 12.7. The van der Waals surface area contributed by atoms with Crippen LogP contribution in [0.1, 0.15) is 43.2 Å². The molecular formula is C21H29N3O2. The Morgan fingerprint density at radius 3 is 2.65 bits per heavy atom. The Labute approximate surface area is 155 Å². The quantitative estimate of drug-likeness (QED) is 0.765. The van der Waals surface area contributed by atoms with E-state index >= 15 is 0 Å². The highest BCUT2D eigenvalue weighted by Crippen LogP contribution is 2.24. The SMILES string of the molecule is O=C(CCCc1cn[nH]c1)N1CCC([C@@H](O)CCc2ccccc2)CC1. The average molecular weight is 355 g/mol. The molecule has 0 saturated carbocycles. The first-order valence-corrected chi connectivity index (χ1v) is 9.70. The summed E-state index contributed by atoms with van der Waals surface area (Å²) < 4.78 is 0. The molecule has 0 spiro atoms. The molecule has 5 heteroatoms. The largest absolute Gasteiger partial charge is 0.393 e. The van der Waals surface area contributed by atoms with Gasteiger partial charge in [0.2, 0.25) is 5.91 Å². The maximum atomic E-state index is 12.4. The van der Waals surface area contributed by atoms with E-state index < -0.39 is 0 Å². The summed E-state index contributed by atoms with van der Waals surface area (Å²) in [5.41, 5.74) is 2.43. The maximum absolute atomic E-state index is 12.4. The van der Waals surface area contributed by atoms with Gasteiger partial charge in [0, 0.05) is 25.7 Å². The Balaban J connectivity index is 1.34. The van der Waals surface area contributed by atoms with Crippen LogP contribution in [0, 0.1) is 5.92 Å². The molecule has 2 aromatic rings. The lowest BCUT2D eigenvalue weighted by Crippen LogP contribution is -2.41. The number of benzene rings is 1. The second kappa shape index (κ2) is 9.53. The number of H-pyrrole nitrogens is 1. The van der Waals surface area contributed by atoms with Crippen molar-refractivity contribution in [1.82, 2.24) is 15.1 Å². The Morgan fingerprint density at radius 2 is 1.96 bits per heavy atom. The lowest BCUT2D eigenvalue weighted by Gasteiger charge is -2.34. The monoisotopic (exact) mass is 355 g/mol. The molecule has 26 heavy (non-hydrogen) atoms. The van der Waals surface area contributed by atoms with Crippen molar-refractivity contribution >= 4 is 5.91 Å². The van der Waals surface area contributed by atoms with Gasteiger partial charge in [0.05, 0.1) is 12.3 Å². The van der Waals surface area contributed by atoms with E-state index in [0.717, 1.165) is 57.2 Å². The zero-order valence-electron chi connectivity index (χ0n) is 15.3. The molecule has 2 N–H and O–H groups in total. The van der Waals surface area contributed by atoms with Crippen LogP contribution in [0.3, 0.4) is 0 Å². The summed E-state index contributed by atoms with van der Waals surface area (Å²) in [6.45, 7) is 1.55. The summed E-state index contributed by atoms with van der Waals surface area (Å²) in [6.07, 6.45) is 9.28. The fraction of sp³-hybridized carbons (Fsp3) is 0.524. The lowest BCUT2D eigenvalue weighted by atomic mass is 9.88. The first-order valence-electron chi connectivity index (χ1n) is 9.70. The van der Waals surface area contributed by atoms with Crippen LogP contribution in [0.5, 0.6) is 0 Å². The van der Waals surface area contributed by atoms with Gasteiger partial charge in [-0.05, 0) is 55.6 Å². The number of aliphatic hydroxyl groups is 1. The number of nitrogens with zero attached hydrogens (tertiary/aromatic N) is 2. The summed E-state index contributed by atoms with van der Waals surface area (Å²) in [7, 11) is 0. The van der Waals surface area contributed by atoms with Gasteiger partial charge in [0.15, 0.2) is 0 Å². The highest BCUT2D eigenvalue weighted by molar-refractivity contribution is 5.76. The van der Waals surface area contributed by atoms with E-state index in [1.165, 1.54) is 5.56 Å². The maximum Gasteiger partial charge on any atom is 0.222 e. The number of likely N-dealkylation sites (tertiary alicyclic amines) is 1. The third-order valence-corrected chi connectivity index (χ3v) is 5.42. The van der Waals surface area contributed by atoms with Crippen LogP contribution in [-0.4, -0.2) is 45.3 Å². The van der Waals surface area contributed by atoms with Crippen LogP contribution < -0.4 is 0 Å². The fourth-order valence-electron chi connectivity index (χ4n) is 3.74. The highest BCUT2D eigenvalue weighted by atomic mass is 16.3. The van der Waals surface area contributed by atoms with Crippen LogP contribution >= 0.6 is 0 Å².